The summed E-state index contributed by atoms with van der Waals surface area (Å²) in [6.45, 7) is 0. The number of pyridine rings is 1. The number of hydrogen-bond donors (Lipinski definition) is 2. The lowest BCUT2D eigenvalue weighted by molar-refractivity contribution is -0.499. The number of rotatable bonds is 10. The van der Waals surface area contributed by atoms with Gasteiger partial charge in [-0.15, -0.1) is 4.83 Å². The molecule has 1 aromatic heterocycles. The molecule has 0 spiro atoms. The van der Waals surface area contributed by atoms with Gasteiger partial charge in [0.1, 0.15) is 6.04 Å². The van der Waals surface area contributed by atoms with Gasteiger partial charge in [-0.3, -0.25) is 15.1 Å². The highest BCUT2D eigenvalue weighted by molar-refractivity contribution is 7.99. The van der Waals surface area contributed by atoms with Crippen molar-refractivity contribution in [2.45, 2.75) is 27.6 Å². The zero-order valence-electron chi connectivity index (χ0n) is 15.8. The van der Waals surface area contributed by atoms with Gasteiger partial charge in [0, 0.05) is 22.2 Å². The van der Waals surface area contributed by atoms with Gasteiger partial charge in [0.05, 0.1) is 4.90 Å². The average molecular weight is 445 g/mol. The summed E-state index contributed by atoms with van der Waals surface area (Å²) in [4.78, 5) is 18.6. The van der Waals surface area contributed by atoms with Crippen LogP contribution in [-0.2, 0) is 16.4 Å². The Morgan fingerprint density at radius 2 is 1.67 bits per heavy atom. The number of nitrogens with zero attached hydrogens (tertiary/aromatic N) is 2. The van der Waals surface area contributed by atoms with Crippen molar-refractivity contribution in [3.63, 3.8) is 0 Å². The van der Waals surface area contributed by atoms with Gasteiger partial charge in [-0.05, 0) is 54.1 Å². The molecule has 0 saturated heterocycles. The van der Waals surface area contributed by atoms with Crippen LogP contribution in [0, 0.1) is 10.1 Å². The van der Waals surface area contributed by atoms with Crippen LogP contribution in [-0.4, -0.2) is 29.7 Å². The molecule has 8 nitrogen and oxygen atoms in total. The van der Waals surface area contributed by atoms with Crippen molar-refractivity contribution in [2.24, 2.45) is 0 Å². The lowest BCUT2D eigenvalue weighted by Crippen LogP contribution is -2.52. The number of nitro groups is 1. The molecular formula is C20H20N4O4S2. The van der Waals surface area contributed by atoms with Crippen LogP contribution in [0.2, 0.25) is 0 Å². The monoisotopic (exact) mass is 444 g/mol. The summed E-state index contributed by atoms with van der Waals surface area (Å²) in [6, 6.07) is 19.4. The van der Waals surface area contributed by atoms with Crippen molar-refractivity contribution in [1.82, 2.24) is 15.2 Å². The van der Waals surface area contributed by atoms with Gasteiger partial charge in [0.15, 0.2) is 0 Å². The second-order valence-electron chi connectivity index (χ2n) is 6.34. The first-order chi connectivity index (χ1) is 14.5. The minimum atomic E-state index is -3.89. The fraction of sp³-hybridized carbons (Fsp3) is 0.150. The maximum atomic E-state index is 12.6. The summed E-state index contributed by atoms with van der Waals surface area (Å²) in [5.41, 5.74) is 3.43. The Morgan fingerprint density at radius 3 is 2.27 bits per heavy atom. The molecule has 0 aliphatic rings. The molecule has 0 amide bonds. The second kappa shape index (κ2) is 10.3. The van der Waals surface area contributed by atoms with Crippen LogP contribution in [0.3, 0.4) is 0 Å². The van der Waals surface area contributed by atoms with E-state index in [9.17, 15) is 18.5 Å². The third-order valence-corrected chi connectivity index (χ3v) is 6.73. The number of benzene rings is 2. The van der Waals surface area contributed by atoms with E-state index in [1.165, 1.54) is 12.1 Å². The first-order valence-electron chi connectivity index (χ1n) is 9.02. The van der Waals surface area contributed by atoms with Crippen LogP contribution in [0.1, 0.15) is 5.56 Å². The second-order valence-corrected chi connectivity index (χ2v) is 9.21. The Labute approximate surface area is 178 Å². The van der Waals surface area contributed by atoms with Gasteiger partial charge in [0.2, 0.25) is 0 Å². The number of hydrogen-bond acceptors (Lipinski definition) is 7. The molecule has 2 atom stereocenters. The van der Waals surface area contributed by atoms with E-state index >= 15 is 0 Å². The predicted molar refractivity (Wildman–Crippen MR) is 115 cm³/mol. The Hall–Kier alpha value is -2.79. The highest BCUT2D eigenvalue weighted by Crippen LogP contribution is 2.27. The molecule has 0 fully saturated rings. The van der Waals surface area contributed by atoms with E-state index in [0.29, 0.717) is 4.90 Å². The van der Waals surface area contributed by atoms with Crippen molar-refractivity contribution in [3.05, 3.63) is 101 Å². The van der Waals surface area contributed by atoms with E-state index in [2.05, 4.69) is 15.2 Å². The van der Waals surface area contributed by atoms with Gasteiger partial charge in [-0.1, -0.05) is 42.5 Å². The standard InChI is InChI=1S/C20H20N4O4S2/c25-24(26)20(29-17-9-3-1-4-10-17)19(14-16-8-7-13-21-15-16)22-23-30(27,28)18-11-5-2-6-12-18/h1-13,15,19-20,22-23H,14H2/t19-,20?/m0/s1. The first-order valence-corrected chi connectivity index (χ1v) is 11.4. The quantitative estimate of drug-likeness (QED) is 0.214. The molecule has 2 N–H and O–H groups in total. The summed E-state index contributed by atoms with van der Waals surface area (Å²) in [5, 5.41) is 10.7. The van der Waals surface area contributed by atoms with E-state index < -0.39 is 26.4 Å². The van der Waals surface area contributed by atoms with Gasteiger partial charge in [-0.25, -0.2) is 13.8 Å². The smallest absolute Gasteiger partial charge is 0.264 e. The topological polar surface area (TPSA) is 114 Å². The largest absolute Gasteiger partial charge is 0.279 e. The SMILES string of the molecule is O=[N+]([O-])C(Sc1ccccc1)[C@H](Cc1cccnc1)NNS(=O)(=O)c1ccccc1. The average Bonchev–Trinajstić information content (AvgIpc) is 2.77. The van der Waals surface area contributed by atoms with Crippen molar-refractivity contribution in [1.29, 1.82) is 0 Å². The zero-order valence-corrected chi connectivity index (χ0v) is 17.4. The van der Waals surface area contributed by atoms with Gasteiger partial charge in [0.25, 0.3) is 15.4 Å². The molecule has 30 heavy (non-hydrogen) atoms. The van der Waals surface area contributed by atoms with E-state index in [-0.39, 0.29) is 11.3 Å². The van der Waals surface area contributed by atoms with Crippen LogP contribution >= 0.6 is 11.8 Å². The molecule has 0 aliphatic carbocycles. The Kier molecular flexibility index (Phi) is 7.52. The van der Waals surface area contributed by atoms with E-state index in [0.717, 1.165) is 17.3 Å². The molecule has 3 aromatic rings. The van der Waals surface area contributed by atoms with Crippen molar-refractivity contribution >= 4 is 21.8 Å². The van der Waals surface area contributed by atoms with Crippen LogP contribution < -0.4 is 10.3 Å². The summed E-state index contributed by atoms with van der Waals surface area (Å²) in [7, 11) is -3.89. The van der Waals surface area contributed by atoms with Crippen LogP contribution in [0.15, 0.2) is 95.0 Å². The fourth-order valence-electron chi connectivity index (χ4n) is 2.72. The van der Waals surface area contributed by atoms with Crippen molar-refractivity contribution in [3.8, 4) is 0 Å². The number of hydrazine groups is 1. The molecule has 1 unspecified atom stereocenters. The summed E-state index contributed by atoms with van der Waals surface area (Å²) >= 11 is 1.05. The normalized spacial score (nSPS) is 13.5. The Balaban J connectivity index is 1.84. The molecule has 1 heterocycles. The summed E-state index contributed by atoms with van der Waals surface area (Å²) in [6.07, 6.45) is 3.41. The molecule has 10 heteroatoms. The predicted octanol–water partition coefficient (Wildman–Crippen LogP) is 2.87. The van der Waals surface area contributed by atoms with Crippen LogP contribution in [0.5, 0.6) is 0 Å². The number of sulfonamides is 1. The zero-order chi connectivity index (χ0) is 21.4. The van der Waals surface area contributed by atoms with E-state index in [1.807, 2.05) is 6.07 Å². The number of nitrogens with one attached hydrogen (secondary N) is 2. The maximum Gasteiger partial charge on any atom is 0.279 e. The number of aromatic nitrogens is 1. The third-order valence-electron chi connectivity index (χ3n) is 4.16. The summed E-state index contributed by atoms with van der Waals surface area (Å²) < 4.78 is 25.2. The third kappa shape index (κ3) is 6.10. The van der Waals surface area contributed by atoms with E-state index in [1.54, 1.807) is 67.0 Å². The Morgan fingerprint density at radius 1 is 1.00 bits per heavy atom. The lowest BCUT2D eigenvalue weighted by Gasteiger charge is -2.22. The van der Waals surface area contributed by atoms with Gasteiger partial charge < -0.3 is 0 Å². The molecule has 0 saturated carbocycles. The first kappa shape index (κ1) is 21.9. The Bertz CT molecular complexity index is 1050. The van der Waals surface area contributed by atoms with Gasteiger partial charge in [-0.2, -0.15) is 0 Å². The highest BCUT2D eigenvalue weighted by Gasteiger charge is 2.34. The maximum absolute atomic E-state index is 12.6. The molecule has 3 rings (SSSR count). The molecule has 0 radical (unpaired) electrons. The van der Waals surface area contributed by atoms with Crippen molar-refractivity contribution < 1.29 is 13.3 Å². The fourth-order valence-corrected chi connectivity index (χ4v) is 4.67. The molecular weight excluding hydrogens is 424 g/mol. The van der Waals surface area contributed by atoms with Crippen LogP contribution in [0.4, 0.5) is 0 Å². The van der Waals surface area contributed by atoms with E-state index in [4.69, 9.17) is 0 Å². The molecule has 2 aromatic carbocycles. The van der Waals surface area contributed by atoms with Crippen molar-refractivity contribution in [2.75, 3.05) is 0 Å². The van der Waals surface area contributed by atoms with Gasteiger partial charge >= 0.3 is 0 Å². The lowest BCUT2D eigenvalue weighted by atomic mass is 10.1. The van der Waals surface area contributed by atoms with Crippen LogP contribution in [0.25, 0.3) is 0 Å². The molecule has 0 aliphatic heterocycles. The molecule has 156 valence electrons. The molecule has 0 bridgehead atoms. The number of thioether (sulfide) groups is 1. The minimum absolute atomic E-state index is 0.0611. The highest BCUT2D eigenvalue weighted by atomic mass is 32.2. The summed E-state index contributed by atoms with van der Waals surface area (Å²) in [5.74, 6) is 0. The minimum Gasteiger partial charge on any atom is -0.264 e.